The zero-order valence-corrected chi connectivity index (χ0v) is 17.8. The lowest BCUT2D eigenvalue weighted by Crippen LogP contribution is -2.12. The van der Waals surface area contributed by atoms with Gasteiger partial charge >= 0.3 is 0 Å². The molecule has 4 heteroatoms. The maximum Gasteiger partial charge on any atom is 0.0701 e. The topological polar surface area (TPSA) is 36.9 Å². The van der Waals surface area contributed by atoms with Crippen LogP contribution in [0.1, 0.15) is 90.9 Å². The summed E-state index contributed by atoms with van der Waals surface area (Å²) in [5, 5.41) is 0. The first kappa shape index (κ1) is 25.8. The fourth-order valence-corrected chi connectivity index (χ4v) is 2.73. The summed E-state index contributed by atoms with van der Waals surface area (Å²) in [5.74, 6) is 0. The molecule has 0 radical (unpaired) electrons. The van der Waals surface area contributed by atoms with Crippen molar-refractivity contribution in [2.24, 2.45) is 0 Å². The molecule has 26 heavy (non-hydrogen) atoms. The molecule has 0 aliphatic rings. The van der Waals surface area contributed by atoms with E-state index in [0.717, 1.165) is 13.2 Å². The van der Waals surface area contributed by atoms with Gasteiger partial charge in [-0.25, -0.2) is 0 Å². The molecule has 0 aromatic heterocycles. The second-order valence-electron chi connectivity index (χ2n) is 6.99. The van der Waals surface area contributed by atoms with Crippen LogP contribution in [0.15, 0.2) is 0 Å². The molecule has 4 nitrogen and oxygen atoms in total. The van der Waals surface area contributed by atoms with Crippen LogP contribution in [0, 0.1) is 0 Å². The molecule has 0 heterocycles. The summed E-state index contributed by atoms with van der Waals surface area (Å²) in [6.45, 7) is 10.2. The van der Waals surface area contributed by atoms with Crippen LogP contribution in [0.2, 0.25) is 0 Å². The van der Waals surface area contributed by atoms with Gasteiger partial charge in [0.15, 0.2) is 0 Å². The van der Waals surface area contributed by atoms with Crippen LogP contribution in [0.3, 0.4) is 0 Å². The van der Waals surface area contributed by atoms with Crippen molar-refractivity contribution >= 4 is 0 Å². The Bertz CT molecular complexity index is 212. The molecule has 0 bridgehead atoms. The molecule has 0 fully saturated rings. The molecule has 158 valence electrons. The third-order valence-electron chi connectivity index (χ3n) is 4.40. The van der Waals surface area contributed by atoms with Crippen LogP contribution >= 0.6 is 0 Å². The second-order valence-corrected chi connectivity index (χ2v) is 6.99. The van der Waals surface area contributed by atoms with Crippen molar-refractivity contribution < 1.29 is 18.9 Å². The van der Waals surface area contributed by atoms with E-state index in [-0.39, 0.29) is 0 Å². The van der Waals surface area contributed by atoms with Crippen molar-refractivity contribution in [1.29, 1.82) is 0 Å². The van der Waals surface area contributed by atoms with Gasteiger partial charge in [0, 0.05) is 13.2 Å². The highest BCUT2D eigenvalue weighted by Crippen LogP contribution is 2.05. The molecule has 0 atom stereocenters. The van der Waals surface area contributed by atoms with Gasteiger partial charge in [-0.2, -0.15) is 0 Å². The van der Waals surface area contributed by atoms with Gasteiger partial charge in [-0.1, -0.05) is 78.1 Å². The normalized spacial score (nSPS) is 11.3. The molecule has 0 rings (SSSR count). The minimum absolute atomic E-state index is 0.637. The third kappa shape index (κ3) is 23.8. The SMILES string of the molecule is CCCCCCCCOCCOCCOCCOCCCCCCCC. The summed E-state index contributed by atoms with van der Waals surface area (Å²) in [5.41, 5.74) is 0. The Morgan fingerprint density at radius 3 is 0.923 bits per heavy atom. The maximum atomic E-state index is 5.57. The number of hydrogen-bond donors (Lipinski definition) is 0. The number of hydrogen-bond acceptors (Lipinski definition) is 4. The summed E-state index contributed by atoms with van der Waals surface area (Å²) >= 11 is 0. The van der Waals surface area contributed by atoms with E-state index in [1.54, 1.807) is 0 Å². The molecular formula is C22H46O4. The van der Waals surface area contributed by atoms with E-state index in [1.165, 1.54) is 77.0 Å². The van der Waals surface area contributed by atoms with Gasteiger partial charge in [0.1, 0.15) is 0 Å². The van der Waals surface area contributed by atoms with Crippen LogP contribution in [0.4, 0.5) is 0 Å². The third-order valence-corrected chi connectivity index (χ3v) is 4.40. The van der Waals surface area contributed by atoms with Crippen LogP contribution in [0.25, 0.3) is 0 Å². The average molecular weight is 375 g/mol. The predicted molar refractivity (Wildman–Crippen MR) is 110 cm³/mol. The van der Waals surface area contributed by atoms with Gasteiger partial charge in [0.2, 0.25) is 0 Å². The minimum atomic E-state index is 0.637. The summed E-state index contributed by atoms with van der Waals surface area (Å²) in [7, 11) is 0. The van der Waals surface area contributed by atoms with E-state index in [4.69, 9.17) is 18.9 Å². The highest BCUT2D eigenvalue weighted by atomic mass is 16.6. The Labute approximate surface area is 163 Å². The van der Waals surface area contributed by atoms with Crippen molar-refractivity contribution in [2.45, 2.75) is 90.9 Å². The standard InChI is InChI=1S/C22H46O4/c1-3-5-7-9-11-13-15-23-17-19-25-21-22-26-20-18-24-16-14-12-10-8-6-4-2/h3-22H2,1-2H3. The van der Waals surface area contributed by atoms with Crippen LogP contribution in [-0.4, -0.2) is 52.9 Å². The highest BCUT2D eigenvalue weighted by molar-refractivity contribution is 4.44. The summed E-state index contributed by atoms with van der Waals surface area (Å²) in [4.78, 5) is 0. The number of unbranched alkanes of at least 4 members (excludes halogenated alkanes) is 10. The Balaban J connectivity index is 2.95. The molecule has 0 aromatic carbocycles. The zero-order chi connectivity index (χ0) is 19.0. The molecule has 0 aliphatic carbocycles. The molecule has 0 unspecified atom stereocenters. The second kappa shape index (κ2) is 24.8. The smallest absolute Gasteiger partial charge is 0.0701 e. The number of rotatable bonds is 23. The predicted octanol–water partition coefficient (Wildman–Crippen LogP) is 5.77. The molecule has 0 saturated heterocycles. The van der Waals surface area contributed by atoms with E-state index in [9.17, 15) is 0 Å². The fourth-order valence-electron chi connectivity index (χ4n) is 2.73. The van der Waals surface area contributed by atoms with Crippen molar-refractivity contribution in [1.82, 2.24) is 0 Å². The first-order valence-corrected chi connectivity index (χ1v) is 11.2. The molecule has 0 aromatic rings. The van der Waals surface area contributed by atoms with Crippen molar-refractivity contribution in [3.05, 3.63) is 0 Å². The fraction of sp³-hybridized carbons (Fsp3) is 1.00. The lowest BCUT2D eigenvalue weighted by atomic mass is 10.1. The Hall–Kier alpha value is -0.160. The monoisotopic (exact) mass is 374 g/mol. The van der Waals surface area contributed by atoms with Crippen molar-refractivity contribution in [3.63, 3.8) is 0 Å². The van der Waals surface area contributed by atoms with Crippen LogP contribution < -0.4 is 0 Å². The largest absolute Gasteiger partial charge is 0.379 e. The quantitative estimate of drug-likeness (QED) is 0.213. The van der Waals surface area contributed by atoms with Gasteiger partial charge in [0.25, 0.3) is 0 Å². The van der Waals surface area contributed by atoms with Crippen molar-refractivity contribution in [3.8, 4) is 0 Å². The first-order chi connectivity index (χ1) is 12.9. The minimum Gasteiger partial charge on any atom is -0.379 e. The summed E-state index contributed by atoms with van der Waals surface area (Å²) in [6.07, 6.45) is 15.7. The Morgan fingerprint density at radius 1 is 0.308 bits per heavy atom. The molecular weight excluding hydrogens is 328 g/mol. The van der Waals surface area contributed by atoms with E-state index >= 15 is 0 Å². The Kier molecular flexibility index (Phi) is 24.7. The van der Waals surface area contributed by atoms with Crippen LogP contribution in [0.5, 0.6) is 0 Å². The molecule has 0 amide bonds. The van der Waals surface area contributed by atoms with Gasteiger partial charge in [-0.05, 0) is 12.8 Å². The van der Waals surface area contributed by atoms with E-state index in [1.807, 2.05) is 0 Å². The van der Waals surface area contributed by atoms with E-state index in [0.29, 0.717) is 39.6 Å². The molecule has 0 spiro atoms. The maximum absolute atomic E-state index is 5.57. The summed E-state index contributed by atoms with van der Waals surface area (Å²) < 4.78 is 22.1. The highest BCUT2D eigenvalue weighted by Gasteiger charge is 1.94. The van der Waals surface area contributed by atoms with E-state index < -0.39 is 0 Å². The van der Waals surface area contributed by atoms with Gasteiger partial charge in [-0.15, -0.1) is 0 Å². The lowest BCUT2D eigenvalue weighted by molar-refractivity contribution is -0.00248. The lowest BCUT2D eigenvalue weighted by Gasteiger charge is -2.07. The summed E-state index contributed by atoms with van der Waals surface area (Å²) in [6, 6.07) is 0. The average Bonchev–Trinajstić information content (AvgIpc) is 2.66. The van der Waals surface area contributed by atoms with Gasteiger partial charge < -0.3 is 18.9 Å². The first-order valence-electron chi connectivity index (χ1n) is 11.2. The Morgan fingerprint density at radius 2 is 0.577 bits per heavy atom. The van der Waals surface area contributed by atoms with Crippen molar-refractivity contribution in [2.75, 3.05) is 52.9 Å². The zero-order valence-electron chi connectivity index (χ0n) is 17.8. The number of ether oxygens (including phenoxy) is 4. The van der Waals surface area contributed by atoms with Gasteiger partial charge in [-0.3, -0.25) is 0 Å². The van der Waals surface area contributed by atoms with Crippen LogP contribution in [-0.2, 0) is 18.9 Å². The van der Waals surface area contributed by atoms with E-state index in [2.05, 4.69) is 13.8 Å². The molecule has 0 aliphatic heterocycles. The molecule has 0 saturated carbocycles. The molecule has 0 N–H and O–H groups in total. The van der Waals surface area contributed by atoms with Gasteiger partial charge in [0.05, 0.1) is 39.6 Å².